The van der Waals surface area contributed by atoms with Gasteiger partial charge in [0.2, 0.25) is 0 Å². The summed E-state index contributed by atoms with van der Waals surface area (Å²) < 4.78 is 5.10. The van der Waals surface area contributed by atoms with Crippen LogP contribution in [0.3, 0.4) is 0 Å². The van der Waals surface area contributed by atoms with E-state index in [0.717, 1.165) is 11.3 Å². The number of halogens is 1. The number of methoxy groups -OCH3 is 1. The van der Waals surface area contributed by atoms with Crippen molar-refractivity contribution >= 4 is 11.6 Å². The number of benzene rings is 1. The monoisotopic (exact) mass is 221 g/mol. The van der Waals surface area contributed by atoms with Gasteiger partial charge in [0.1, 0.15) is 5.75 Å². The molecule has 0 saturated carbocycles. The lowest BCUT2D eigenvalue weighted by molar-refractivity contribution is 0.415. The van der Waals surface area contributed by atoms with Gasteiger partial charge in [-0.25, -0.2) is 4.98 Å². The summed E-state index contributed by atoms with van der Waals surface area (Å²) in [5.41, 5.74) is 0.823. The van der Waals surface area contributed by atoms with Gasteiger partial charge in [-0.1, -0.05) is 23.7 Å². The fraction of sp³-hybridized carbons (Fsp3) is 0.100. The van der Waals surface area contributed by atoms with E-state index in [9.17, 15) is 0 Å². The van der Waals surface area contributed by atoms with Crippen molar-refractivity contribution in [2.75, 3.05) is 7.11 Å². The minimum absolute atomic E-state index is 0.322. The van der Waals surface area contributed by atoms with Crippen molar-refractivity contribution in [3.8, 4) is 17.1 Å². The Morgan fingerprint density at radius 2 is 2.20 bits per heavy atom. The van der Waals surface area contributed by atoms with Crippen LogP contribution in [-0.2, 0) is 0 Å². The van der Waals surface area contributed by atoms with Crippen LogP contribution in [0.5, 0.6) is 5.75 Å². The molecule has 0 radical (unpaired) electrons. The molecule has 0 unspecified atom stereocenters. The highest BCUT2D eigenvalue weighted by atomic mass is 35.5. The predicted octanol–water partition coefficient (Wildman–Crippen LogP) is 2.20. The fourth-order valence-electron chi connectivity index (χ4n) is 1.17. The molecular formula is C10H8ClN3O. The molecule has 2 aromatic rings. The molecule has 0 fully saturated rings. The number of hydrogen-bond donors (Lipinski definition) is 0. The van der Waals surface area contributed by atoms with Crippen LogP contribution in [-0.4, -0.2) is 22.3 Å². The summed E-state index contributed by atoms with van der Waals surface area (Å²) in [4.78, 5) is 4.06. The molecule has 5 heteroatoms. The third-order valence-electron chi connectivity index (χ3n) is 1.86. The molecule has 0 amide bonds. The smallest absolute Gasteiger partial charge is 0.183 e. The maximum Gasteiger partial charge on any atom is 0.183 e. The zero-order chi connectivity index (χ0) is 10.7. The Bertz CT molecular complexity index is 476. The molecule has 0 atom stereocenters. The Morgan fingerprint density at radius 3 is 2.93 bits per heavy atom. The number of aromatic nitrogens is 3. The van der Waals surface area contributed by atoms with Crippen molar-refractivity contribution in [3.63, 3.8) is 0 Å². The average molecular weight is 222 g/mol. The Morgan fingerprint density at radius 1 is 1.33 bits per heavy atom. The Labute approximate surface area is 91.9 Å². The lowest BCUT2D eigenvalue weighted by Crippen LogP contribution is -1.92. The van der Waals surface area contributed by atoms with Gasteiger partial charge in [-0.05, 0) is 12.1 Å². The van der Waals surface area contributed by atoms with E-state index in [1.807, 2.05) is 24.3 Å². The zero-order valence-corrected chi connectivity index (χ0v) is 8.77. The van der Waals surface area contributed by atoms with Crippen LogP contribution in [0.1, 0.15) is 0 Å². The van der Waals surface area contributed by atoms with Gasteiger partial charge in [-0.2, -0.15) is 5.10 Å². The lowest BCUT2D eigenvalue weighted by Gasteiger charge is -2.02. The molecule has 0 saturated heterocycles. The first-order valence-electron chi connectivity index (χ1n) is 4.29. The van der Waals surface area contributed by atoms with Gasteiger partial charge in [-0.15, -0.1) is 5.10 Å². The zero-order valence-electron chi connectivity index (χ0n) is 8.01. The van der Waals surface area contributed by atoms with Crippen LogP contribution in [0.4, 0.5) is 0 Å². The molecule has 1 aromatic heterocycles. The standard InChI is InChI=1S/C10H8ClN3O/c1-15-8-4-2-3-7(5-8)10-13-9(11)6-12-14-10/h2-6H,1H3. The quantitative estimate of drug-likeness (QED) is 0.780. The normalized spacial score (nSPS) is 10.0. The summed E-state index contributed by atoms with van der Waals surface area (Å²) in [5, 5.41) is 7.94. The van der Waals surface area contributed by atoms with Gasteiger partial charge in [-0.3, -0.25) is 0 Å². The third kappa shape index (κ3) is 2.22. The van der Waals surface area contributed by atoms with Gasteiger partial charge in [0.25, 0.3) is 0 Å². The van der Waals surface area contributed by atoms with Crippen LogP contribution in [0.15, 0.2) is 30.5 Å². The molecule has 76 valence electrons. The average Bonchev–Trinajstić information content (AvgIpc) is 2.29. The second-order valence-corrected chi connectivity index (χ2v) is 3.22. The summed E-state index contributed by atoms with van der Waals surface area (Å²) in [6, 6.07) is 7.41. The van der Waals surface area contributed by atoms with E-state index in [4.69, 9.17) is 16.3 Å². The minimum Gasteiger partial charge on any atom is -0.497 e. The molecule has 4 nitrogen and oxygen atoms in total. The highest BCUT2D eigenvalue weighted by Gasteiger charge is 2.03. The second kappa shape index (κ2) is 4.23. The van der Waals surface area contributed by atoms with Crippen molar-refractivity contribution in [2.45, 2.75) is 0 Å². The van der Waals surface area contributed by atoms with E-state index in [1.165, 1.54) is 6.20 Å². The minimum atomic E-state index is 0.322. The number of rotatable bonds is 2. The lowest BCUT2D eigenvalue weighted by atomic mass is 10.2. The van der Waals surface area contributed by atoms with Crippen LogP contribution in [0, 0.1) is 0 Å². The third-order valence-corrected chi connectivity index (χ3v) is 2.04. The molecule has 15 heavy (non-hydrogen) atoms. The van der Waals surface area contributed by atoms with Crippen molar-refractivity contribution < 1.29 is 4.74 Å². The van der Waals surface area contributed by atoms with Crippen molar-refractivity contribution in [1.82, 2.24) is 15.2 Å². The van der Waals surface area contributed by atoms with E-state index < -0.39 is 0 Å². The van der Waals surface area contributed by atoms with Gasteiger partial charge in [0.05, 0.1) is 13.3 Å². The molecule has 1 aromatic carbocycles. The number of ether oxygens (including phenoxy) is 1. The van der Waals surface area contributed by atoms with Crippen LogP contribution < -0.4 is 4.74 Å². The molecule has 1 heterocycles. The summed E-state index contributed by atoms with van der Waals surface area (Å²) in [5.74, 6) is 1.23. The molecular weight excluding hydrogens is 214 g/mol. The Hall–Kier alpha value is -1.68. The Balaban J connectivity index is 2.44. The number of hydrogen-bond acceptors (Lipinski definition) is 4. The van der Waals surface area contributed by atoms with Crippen LogP contribution >= 0.6 is 11.6 Å². The van der Waals surface area contributed by atoms with Crippen molar-refractivity contribution in [2.24, 2.45) is 0 Å². The summed E-state index contributed by atoms with van der Waals surface area (Å²) in [6.07, 6.45) is 1.39. The first-order chi connectivity index (χ1) is 7.29. The van der Waals surface area contributed by atoms with E-state index in [1.54, 1.807) is 7.11 Å². The summed E-state index contributed by atoms with van der Waals surface area (Å²) in [7, 11) is 1.61. The van der Waals surface area contributed by atoms with Crippen LogP contribution in [0.25, 0.3) is 11.4 Å². The summed E-state index contributed by atoms with van der Waals surface area (Å²) >= 11 is 5.72. The highest BCUT2D eigenvalue weighted by molar-refractivity contribution is 6.29. The van der Waals surface area contributed by atoms with E-state index >= 15 is 0 Å². The fourth-order valence-corrected chi connectivity index (χ4v) is 1.29. The first-order valence-corrected chi connectivity index (χ1v) is 4.67. The SMILES string of the molecule is COc1cccc(-c2nncc(Cl)n2)c1. The van der Waals surface area contributed by atoms with E-state index in [-0.39, 0.29) is 0 Å². The molecule has 0 aliphatic rings. The van der Waals surface area contributed by atoms with Crippen molar-refractivity contribution in [3.05, 3.63) is 35.6 Å². The first kappa shape index (κ1) is 9.86. The molecule has 0 aliphatic heterocycles. The highest BCUT2D eigenvalue weighted by Crippen LogP contribution is 2.20. The maximum absolute atomic E-state index is 5.72. The van der Waals surface area contributed by atoms with Crippen LogP contribution in [0.2, 0.25) is 5.15 Å². The largest absolute Gasteiger partial charge is 0.497 e. The number of nitrogens with zero attached hydrogens (tertiary/aromatic N) is 3. The molecule has 0 spiro atoms. The van der Waals surface area contributed by atoms with E-state index in [2.05, 4.69) is 15.2 Å². The summed E-state index contributed by atoms with van der Waals surface area (Å²) in [6.45, 7) is 0. The molecule has 0 N–H and O–H groups in total. The van der Waals surface area contributed by atoms with Gasteiger partial charge < -0.3 is 4.74 Å². The predicted molar refractivity (Wildman–Crippen MR) is 56.8 cm³/mol. The van der Waals surface area contributed by atoms with Gasteiger partial charge in [0, 0.05) is 5.56 Å². The Kier molecular flexibility index (Phi) is 2.78. The van der Waals surface area contributed by atoms with Crippen molar-refractivity contribution in [1.29, 1.82) is 0 Å². The van der Waals surface area contributed by atoms with E-state index in [0.29, 0.717) is 11.0 Å². The molecule has 0 bridgehead atoms. The van der Waals surface area contributed by atoms with Gasteiger partial charge >= 0.3 is 0 Å². The topological polar surface area (TPSA) is 47.9 Å². The maximum atomic E-state index is 5.72. The second-order valence-electron chi connectivity index (χ2n) is 2.83. The molecule has 2 rings (SSSR count). The van der Waals surface area contributed by atoms with Gasteiger partial charge in [0.15, 0.2) is 11.0 Å². The molecule has 0 aliphatic carbocycles.